The van der Waals surface area contributed by atoms with E-state index < -0.39 is 7.60 Å². The quantitative estimate of drug-likeness (QED) is 0.140. The lowest BCUT2D eigenvalue weighted by Crippen LogP contribution is -2.34. The molecule has 12 nitrogen and oxygen atoms in total. The second-order valence-corrected chi connectivity index (χ2v) is 13.8. The summed E-state index contributed by atoms with van der Waals surface area (Å²) < 4.78 is 11.2. The molecule has 13 heteroatoms. The first-order valence-electron chi connectivity index (χ1n) is 15.6. The van der Waals surface area contributed by atoms with Gasteiger partial charge in [-0.25, -0.2) is 0 Å². The summed E-state index contributed by atoms with van der Waals surface area (Å²) in [5, 5.41) is 10.8. The largest absolute Gasteiger partial charge is 0.368 e. The maximum absolute atomic E-state index is 11.2. The first-order chi connectivity index (χ1) is 19.3. The molecular weight excluding hydrogens is 529 g/mol. The zero-order valence-corrected chi connectivity index (χ0v) is 25.0. The highest BCUT2D eigenvalue weighted by atomic mass is 31.2. The Kier molecular flexibility index (Phi) is 12.7. The molecule has 1 aromatic heterocycles. The number of hydrogen-bond acceptors (Lipinski definition) is 10. The van der Waals surface area contributed by atoms with E-state index in [1.807, 2.05) is 0 Å². The number of hydrogen-bond donors (Lipinski definition) is 6. The summed E-state index contributed by atoms with van der Waals surface area (Å²) in [7, 11) is -3.99. The van der Waals surface area contributed by atoms with Crippen LogP contribution in [0.1, 0.15) is 70.6 Å². The van der Waals surface area contributed by atoms with Gasteiger partial charge >= 0.3 is 7.60 Å². The Hall–Kier alpha value is -1.56. The van der Waals surface area contributed by atoms with Crippen molar-refractivity contribution in [1.29, 1.82) is 0 Å². The molecular formula is C27H52N9O3P. The predicted octanol–water partition coefficient (Wildman–Crippen LogP) is 2.26. The number of anilines is 3. The van der Waals surface area contributed by atoms with Crippen molar-refractivity contribution in [2.45, 2.75) is 76.7 Å². The molecule has 0 amide bonds. The van der Waals surface area contributed by atoms with E-state index in [1.54, 1.807) is 0 Å². The maximum atomic E-state index is 11.2. The molecule has 0 atom stereocenters. The molecule has 4 rings (SSSR count). The van der Waals surface area contributed by atoms with Crippen LogP contribution in [0.4, 0.5) is 17.8 Å². The fourth-order valence-corrected chi connectivity index (χ4v) is 6.82. The highest BCUT2D eigenvalue weighted by molar-refractivity contribution is 7.51. The Morgan fingerprint density at radius 1 is 0.850 bits per heavy atom. The molecule has 2 saturated carbocycles. The van der Waals surface area contributed by atoms with Crippen molar-refractivity contribution in [3.63, 3.8) is 0 Å². The zero-order chi connectivity index (χ0) is 28.2. The van der Waals surface area contributed by atoms with Crippen LogP contribution in [-0.4, -0.2) is 101 Å². The molecule has 0 unspecified atom stereocenters. The minimum atomic E-state index is -3.99. The van der Waals surface area contributed by atoms with Crippen molar-refractivity contribution in [1.82, 2.24) is 30.5 Å². The molecule has 7 N–H and O–H groups in total. The minimum Gasteiger partial charge on any atom is -0.368 e. The van der Waals surface area contributed by atoms with Crippen LogP contribution in [0, 0.1) is 11.8 Å². The summed E-state index contributed by atoms with van der Waals surface area (Å²) in [6.45, 7) is 7.53. The average molecular weight is 582 g/mol. The summed E-state index contributed by atoms with van der Waals surface area (Å²) in [5.74, 6) is 2.68. The molecule has 3 fully saturated rings. The van der Waals surface area contributed by atoms with Crippen molar-refractivity contribution in [2.24, 2.45) is 11.8 Å². The van der Waals surface area contributed by atoms with Gasteiger partial charge in [-0.05, 0) is 89.4 Å². The predicted molar refractivity (Wildman–Crippen MR) is 161 cm³/mol. The highest BCUT2D eigenvalue weighted by Gasteiger charge is 2.23. The van der Waals surface area contributed by atoms with Crippen LogP contribution in [0.2, 0.25) is 0 Å². The van der Waals surface area contributed by atoms with Gasteiger partial charge in [-0.3, -0.25) is 4.57 Å². The second-order valence-electron chi connectivity index (χ2n) is 12.0. The average Bonchev–Trinajstić information content (AvgIpc) is 3.19. The van der Waals surface area contributed by atoms with Crippen molar-refractivity contribution < 1.29 is 14.4 Å². The molecule has 40 heavy (non-hydrogen) atoms. The third-order valence-corrected chi connectivity index (χ3v) is 9.52. The van der Waals surface area contributed by atoms with E-state index in [4.69, 9.17) is 5.73 Å². The van der Waals surface area contributed by atoms with Gasteiger partial charge in [0, 0.05) is 38.8 Å². The summed E-state index contributed by atoms with van der Waals surface area (Å²) in [4.78, 5) is 35.9. The van der Waals surface area contributed by atoms with E-state index in [-0.39, 0.29) is 12.1 Å². The number of rotatable bonds is 14. The Balaban J connectivity index is 1.11. The van der Waals surface area contributed by atoms with Crippen LogP contribution < -0.4 is 26.6 Å². The smallest absolute Gasteiger partial charge is 0.326 e. The molecule has 1 saturated heterocycles. The van der Waals surface area contributed by atoms with Crippen LogP contribution in [0.25, 0.3) is 0 Å². The van der Waals surface area contributed by atoms with Crippen LogP contribution in [0.15, 0.2) is 0 Å². The van der Waals surface area contributed by atoms with E-state index in [0.717, 1.165) is 57.6 Å². The molecule has 1 aliphatic heterocycles. The van der Waals surface area contributed by atoms with Gasteiger partial charge in [0.05, 0.1) is 6.16 Å². The lowest BCUT2D eigenvalue weighted by molar-refractivity contribution is 0.275. The summed E-state index contributed by atoms with van der Waals surface area (Å²) >= 11 is 0. The fourth-order valence-electron chi connectivity index (χ4n) is 6.28. The number of nitrogens with one attached hydrogen (secondary N) is 3. The minimum absolute atomic E-state index is 0.115. The van der Waals surface area contributed by atoms with E-state index >= 15 is 0 Å². The first-order valence-corrected chi connectivity index (χ1v) is 17.4. The molecule has 0 spiro atoms. The van der Waals surface area contributed by atoms with Crippen LogP contribution in [0.5, 0.6) is 0 Å². The molecule has 0 aromatic carbocycles. The van der Waals surface area contributed by atoms with Crippen molar-refractivity contribution in [3.05, 3.63) is 0 Å². The Morgan fingerprint density at radius 2 is 1.60 bits per heavy atom. The Bertz CT molecular complexity index is 923. The molecule has 2 aliphatic carbocycles. The molecule has 3 aliphatic rings. The van der Waals surface area contributed by atoms with Crippen LogP contribution in [-0.2, 0) is 4.57 Å². The zero-order valence-electron chi connectivity index (χ0n) is 24.1. The van der Waals surface area contributed by atoms with Crippen molar-refractivity contribution in [3.8, 4) is 0 Å². The number of nitrogen functional groups attached to an aromatic ring is 1. The second kappa shape index (κ2) is 16.2. The Labute approximate surface area is 239 Å². The van der Waals surface area contributed by atoms with Gasteiger partial charge < -0.3 is 41.3 Å². The maximum Gasteiger partial charge on any atom is 0.326 e. The van der Waals surface area contributed by atoms with Gasteiger partial charge in [0.1, 0.15) is 0 Å². The third kappa shape index (κ3) is 11.4. The van der Waals surface area contributed by atoms with E-state index in [1.165, 1.54) is 64.2 Å². The van der Waals surface area contributed by atoms with Gasteiger partial charge in [0.25, 0.3) is 0 Å². The van der Waals surface area contributed by atoms with Crippen molar-refractivity contribution in [2.75, 3.05) is 81.0 Å². The summed E-state index contributed by atoms with van der Waals surface area (Å²) in [6, 6.07) is 0.758. The summed E-state index contributed by atoms with van der Waals surface area (Å²) in [6.07, 6.45) is 13.8. The Morgan fingerprint density at radius 3 is 2.35 bits per heavy atom. The van der Waals surface area contributed by atoms with E-state index in [0.29, 0.717) is 37.4 Å². The normalized spacial score (nSPS) is 23.7. The summed E-state index contributed by atoms with van der Waals surface area (Å²) in [5.41, 5.74) is 6.03. The molecule has 1 aromatic rings. The SMILES string of the molecule is Nc1nc(NCC2CCC(CNCCCNC3CCCCC3)CC2)nc(N2CCCN(CCP(=O)(O)O)CC2)n1. The van der Waals surface area contributed by atoms with Gasteiger partial charge in [0.2, 0.25) is 17.8 Å². The molecule has 228 valence electrons. The van der Waals surface area contributed by atoms with Gasteiger partial charge in [-0.1, -0.05) is 19.3 Å². The van der Waals surface area contributed by atoms with Crippen molar-refractivity contribution >= 4 is 25.4 Å². The third-order valence-electron chi connectivity index (χ3n) is 8.74. The van der Waals surface area contributed by atoms with Gasteiger partial charge in [-0.2, -0.15) is 15.0 Å². The molecule has 0 radical (unpaired) electrons. The molecule has 0 bridgehead atoms. The monoisotopic (exact) mass is 581 g/mol. The van der Waals surface area contributed by atoms with E-state index in [2.05, 4.69) is 40.7 Å². The van der Waals surface area contributed by atoms with Crippen LogP contribution in [0.3, 0.4) is 0 Å². The number of nitrogens with zero attached hydrogens (tertiary/aromatic N) is 5. The topological polar surface area (TPSA) is 165 Å². The van der Waals surface area contributed by atoms with Gasteiger partial charge in [-0.15, -0.1) is 0 Å². The van der Waals surface area contributed by atoms with Crippen LogP contribution >= 0.6 is 7.60 Å². The lowest BCUT2D eigenvalue weighted by Gasteiger charge is -2.29. The fraction of sp³-hybridized carbons (Fsp3) is 0.889. The molecule has 2 heterocycles. The number of nitrogens with two attached hydrogens (primary N) is 1. The number of aromatic nitrogens is 3. The standard InChI is InChI=1S/C27H52N9O3P/c28-25-32-26(34-27(33-25)36-15-5-14-35(16-17-36)18-19-40(37,38)39)31-21-23-10-8-22(9-11-23)20-29-12-4-13-30-24-6-2-1-3-7-24/h22-24,29-30H,1-21H2,(H2,37,38,39)(H3,28,31,32,33,34). The highest BCUT2D eigenvalue weighted by Crippen LogP contribution is 2.34. The first kappa shape index (κ1) is 31.4. The lowest BCUT2D eigenvalue weighted by atomic mass is 9.82. The van der Waals surface area contributed by atoms with Gasteiger partial charge in [0.15, 0.2) is 0 Å². The van der Waals surface area contributed by atoms with E-state index in [9.17, 15) is 14.4 Å².